The van der Waals surface area contributed by atoms with E-state index in [1.165, 1.54) is 20.2 Å². The monoisotopic (exact) mass is 672 g/mol. The van der Waals surface area contributed by atoms with Crippen LogP contribution in [0, 0.1) is 0 Å². The molecule has 0 aliphatic heterocycles. The zero-order valence-electron chi connectivity index (χ0n) is 27.9. The molecule has 0 amide bonds. The van der Waals surface area contributed by atoms with Crippen molar-refractivity contribution in [2.75, 3.05) is 0 Å². The molecule has 0 atom stereocenters. The summed E-state index contributed by atoms with van der Waals surface area (Å²) in [5.74, 6) is 0. The number of allylic oxidation sites excluding steroid dienone is 3. The van der Waals surface area contributed by atoms with Crippen LogP contribution in [0.2, 0.25) is 0 Å². The Hall–Kier alpha value is -6.42. The van der Waals surface area contributed by atoms with E-state index in [2.05, 4.69) is 141 Å². The Kier molecular flexibility index (Phi) is 7.49. The van der Waals surface area contributed by atoms with Crippen molar-refractivity contribution >= 4 is 105 Å². The van der Waals surface area contributed by atoms with Crippen molar-refractivity contribution in [2.45, 2.75) is 0 Å². The molecule has 3 aromatic heterocycles. The highest BCUT2D eigenvalue weighted by Crippen LogP contribution is 2.40. The van der Waals surface area contributed by atoms with Crippen LogP contribution in [0.1, 0.15) is 16.7 Å². The molecule has 0 unspecified atom stereocenters. The van der Waals surface area contributed by atoms with Gasteiger partial charge in [0.2, 0.25) is 0 Å². The zero-order chi connectivity index (χ0) is 34.5. The van der Waals surface area contributed by atoms with E-state index in [-0.39, 0.29) is 0 Å². The van der Waals surface area contributed by atoms with Gasteiger partial charge >= 0.3 is 0 Å². The maximum absolute atomic E-state index is 6.53. The Morgan fingerprint density at radius 1 is 0.588 bits per heavy atom. The first-order valence-corrected chi connectivity index (χ1v) is 17.7. The van der Waals surface area contributed by atoms with E-state index >= 15 is 0 Å². The van der Waals surface area contributed by atoms with Crippen molar-refractivity contribution in [3.05, 3.63) is 186 Å². The normalized spacial score (nSPS) is 12.2. The van der Waals surface area contributed by atoms with Gasteiger partial charge in [-0.25, -0.2) is 0 Å². The lowest BCUT2D eigenvalue weighted by atomic mass is 9.95. The topological polar surface area (TPSA) is 26.3 Å². The minimum absolute atomic E-state index is 0.620. The van der Waals surface area contributed by atoms with Crippen LogP contribution >= 0.6 is 11.3 Å². The van der Waals surface area contributed by atoms with Gasteiger partial charge in [0.15, 0.2) is 0 Å². The van der Waals surface area contributed by atoms with Crippen molar-refractivity contribution < 1.29 is 8.83 Å². The number of fused-ring (bicyclic) bond motifs is 9. The summed E-state index contributed by atoms with van der Waals surface area (Å²) in [6.07, 6.45) is 8.04. The SMILES string of the molecule is C=C(/C=C\c1coc2ccccc12)c1ccccccc(C(=C)/C=c2\c(=C)oc3c2ccc2ccc4c5ccccc5sc4c23)c2ccccc12. The van der Waals surface area contributed by atoms with Gasteiger partial charge < -0.3 is 8.83 Å². The van der Waals surface area contributed by atoms with Crippen LogP contribution in [0.3, 0.4) is 0 Å². The highest BCUT2D eigenvalue weighted by molar-refractivity contribution is 7.26. The highest BCUT2D eigenvalue weighted by Gasteiger charge is 2.15. The summed E-state index contributed by atoms with van der Waals surface area (Å²) in [6, 6.07) is 46.3. The minimum atomic E-state index is 0.620. The van der Waals surface area contributed by atoms with E-state index in [0.29, 0.717) is 5.42 Å². The third-order valence-electron chi connectivity index (χ3n) is 9.65. The van der Waals surface area contributed by atoms with Crippen LogP contribution in [-0.4, -0.2) is 0 Å². The van der Waals surface area contributed by atoms with Gasteiger partial charge in [0.25, 0.3) is 0 Å². The Morgan fingerprint density at radius 3 is 1.98 bits per heavy atom. The molecule has 0 N–H and O–H groups in total. The molecular weight excluding hydrogens is 641 g/mol. The molecule has 0 bridgehead atoms. The van der Waals surface area contributed by atoms with E-state index in [4.69, 9.17) is 8.83 Å². The van der Waals surface area contributed by atoms with Gasteiger partial charge in [-0.1, -0.05) is 147 Å². The van der Waals surface area contributed by atoms with Gasteiger partial charge in [0.1, 0.15) is 16.6 Å². The first-order valence-electron chi connectivity index (χ1n) is 16.9. The lowest BCUT2D eigenvalue weighted by molar-refractivity contribution is 0.580. The molecule has 3 heteroatoms. The molecule has 2 nitrogen and oxygen atoms in total. The molecule has 9 aromatic rings. The van der Waals surface area contributed by atoms with Crippen molar-refractivity contribution in [3.8, 4) is 0 Å². The molecule has 0 aliphatic rings. The van der Waals surface area contributed by atoms with Crippen molar-refractivity contribution in [2.24, 2.45) is 0 Å². The number of thiophene rings is 1. The third-order valence-corrected chi connectivity index (χ3v) is 10.9. The highest BCUT2D eigenvalue weighted by atomic mass is 32.1. The fourth-order valence-corrected chi connectivity index (χ4v) is 8.40. The maximum atomic E-state index is 6.53. The molecule has 242 valence electrons. The summed E-state index contributed by atoms with van der Waals surface area (Å²) in [5, 5.41) is 9.95. The van der Waals surface area contributed by atoms with Crippen molar-refractivity contribution in [3.63, 3.8) is 0 Å². The van der Waals surface area contributed by atoms with E-state index in [0.717, 1.165) is 76.5 Å². The fraction of sp³-hybridized carbons (Fsp3) is 0. The molecule has 0 saturated carbocycles. The average Bonchev–Trinajstić information content (AvgIpc) is 3.85. The standard InChI is InChI=1S/C48H32O2S/c1-30(22-23-34-29-49-44-20-12-10-16-37(34)44)35-14-6-4-5-7-15-36(39-18-9-8-17-38(35)39)31(2)28-43-32(3)50-47-41(43)26-24-33-25-27-42-40-19-11-13-21-45(40)51-48(42)46(33)47/h4-29H,1-3H2/b5-4?,6-4?,7-5?,14-6?,15-7?,23-22-,35-14?,36-15?,38-35?,39-36?,43-28+. The second kappa shape index (κ2) is 12.5. The lowest BCUT2D eigenvalue weighted by Crippen LogP contribution is -2.18. The van der Waals surface area contributed by atoms with Gasteiger partial charge in [-0.2, -0.15) is 0 Å². The summed E-state index contributed by atoms with van der Waals surface area (Å²) >= 11 is 1.81. The zero-order valence-corrected chi connectivity index (χ0v) is 28.7. The fourth-order valence-electron chi connectivity index (χ4n) is 7.15. The van der Waals surface area contributed by atoms with Gasteiger partial charge in [0, 0.05) is 47.1 Å². The maximum Gasteiger partial charge on any atom is 0.144 e. The molecule has 6 aromatic carbocycles. The molecule has 0 fully saturated rings. The number of benzene rings is 5. The quantitative estimate of drug-likeness (QED) is 0.170. The van der Waals surface area contributed by atoms with Crippen LogP contribution in [0.25, 0.3) is 93.5 Å². The predicted octanol–water partition coefficient (Wildman–Crippen LogP) is 12.6. The number of para-hydroxylation sites is 1. The number of hydrogen-bond donors (Lipinski definition) is 0. The van der Waals surface area contributed by atoms with Gasteiger partial charge in [0.05, 0.1) is 6.26 Å². The molecule has 0 radical (unpaired) electrons. The Morgan fingerprint density at radius 2 is 1.22 bits per heavy atom. The average molecular weight is 673 g/mol. The van der Waals surface area contributed by atoms with Crippen LogP contribution in [-0.2, 0) is 0 Å². The van der Waals surface area contributed by atoms with E-state index in [9.17, 15) is 0 Å². The molecule has 0 saturated heterocycles. The predicted molar refractivity (Wildman–Crippen MR) is 221 cm³/mol. The lowest BCUT2D eigenvalue weighted by Gasteiger charge is -2.09. The molecule has 0 aliphatic carbocycles. The number of rotatable bonds is 5. The second-order valence-corrected chi connectivity index (χ2v) is 13.8. The molecular formula is C48H32O2S. The van der Waals surface area contributed by atoms with Crippen LogP contribution in [0.5, 0.6) is 0 Å². The summed E-state index contributed by atoms with van der Waals surface area (Å²) in [6.45, 7) is 13.5. The minimum Gasteiger partial charge on any atom is -0.464 e. The second-order valence-electron chi connectivity index (χ2n) is 12.7. The Bertz CT molecular complexity index is 3090. The van der Waals surface area contributed by atoms with Crippen molar-refractivity contribution in [1.82, 2.24) is 0 Å². The van der Waals surface area contributed by atoms with E-state index in [1.54, 1.807) is 6.26 Å². The number of furan rings is 2. The van der Waals surface area contributed by atoms with Gasteiger partial charge in [-0.3, -0.25) is 0 Å². The summed E-state index contributed by atoms with van der Waals surface area (Å²) < 4.78 is 14.8. The first-order chi connectivity index (χ1) is 25.0. The molecule has 0 spiro atoms. The smallest absolute Gasteiger partial charge is 0.144 e. The Labute approximate surface area is 298 Å². The number of hydrogen-bond acceptors (Lipinski definition) is 3. The van der Waals surface area contributed by atoms with Crippen molar-refractivity contribution in [1.29, 1.82) is 0 Å². The molecule has 3 heterocycles. The summed E-state index contributed by atoms with van der Waals surface area (Å²) in [4.78, 5) is 0. The van der Waals surface area contributed by atoms with Crippen LogP contribution < -0.4 is 10.6 Å². The van der Waals surface area contributed by atoms with Crippen LogP contribution in [0.4, 0.5) is 0 Å². The summed E-state index contributed by atoms with van der Waals surface area (Å²) in [5.41, 5.74) is 7.12. The first kappa shape index (κ1) is 30.6. The molecule has 51 heavy (non-hydrogen) atoms. The third kappa shape index (κ3) is 5.27. The van der Waals surface area contributed by atoms with E-state index < -0.39 is 0 Å². The van der Waals surface area contributed by atoms with E-state index in [1.807, 2.05) is 41.7 Å². The van der Waals surface area contributed by atoms with Gasteiger partial charge in [-0.15, -0.1) is 11.3 Å². The largest absolute Gasteiger partial charge is 0.464 e. The molecule has 9 rings (SSSR count). The van der Waals surface area contributed by atoms with Gasteiger partial charge in [-0.05, 0) is 62.7 Å². The Balaban J connectivity index is 1.21. The summed E-state index contributed by atoms with van der Waals surface area (Å²) in [7, 11) is 0. The van der Waals surface area contributed by atoms with Crippen LogP contribution in [0.15, 0.2) is 168 Å².